The Labute approximate surface area is 103 Å². The highest BCUT2D eigenvalue weighted by Gasteiger charge is 2.11. The van der Waals surface area contributed by atoms with Crippen molar-refractivity contribution in [1.29, 1.82) is 0 Å². The molecule has 17 heavy (non-hydrogen) atoms. The van der Waals surface area contributed by atoms with E-state index in [9.17, 15) is 9.59 Å². The molecule has 1 unspecified atom stereocenters. The normalized spacial score (nSPS) is 11.8. The van der Waals surface area contributed by atoms with Gasteiger partial charge in [-0.15, -0.1) is 6.58 Å². The van der Waals surface area contributed by atoms with Crippen molar-refractivity contribution in [1.82, 2.24) is 0 Å². The highest BCUT2D eigenvalue weighted by atomic mass is 16.6. The second kappa shape index (κ2) is 8.75. The van der Waals surface area contributed by atoms with Gasteiger partial charge in [0.25, 0.3) is 0 Å². The molecule has 0 aromatic rings. The van der Waals surface area contributed by atoms with E-state index in [2.05, 4.69) is 6.58 Å². The smallest absolute Gasteiger partial charge is 0.310 e. The Balaban J connectivity index is 0. The number of hydrogen-bond acceptors (Lipinski definition) is 4. The lowest BCUT2D eigenvalue weighted by atomic mass is 10.1. The Kier molecular flexibility index (Phi) is 9.28. The van der Waals surface area contributed by atoms with Gasteiger partial charge in [-0.3, -0.25) is 9.59 Å². The largest absolute Gasteiger partial charge is 0.481 e. The molecule has 0 rings (SSSR count). The molecule has 0 bridgehead atoms. The van der Waals surface area contributed by atoms with Crippen LogP contribution in [0.5, 0.6) is 0 Å². The van der Waals surface area contributed by atoms with Gasteiger partial charge in [0.1, 0.15) is 5.60 Å². The number of ether oxygens (including phenoxy) is 1. The fraction of sp³-hybridized carbons (Fsp3) is 0.667. The van der Waals surface area contributed by atoms with Gasteiger partial charge < -0.3 is 15.6 Å². The molecule has 0 aliphatic heterocycles. The molecule has 0 aromatic carbocycles. The third-order valence-electron chi connectivity index (χ3n) is 1.53. The highest BCUT2D eigenvalue weighted by molar-refractivity contribution is 5.71. The Morgan fingerprint density at radius 1 is 1.47 bits per heavy atom. The van der Waals surface area contributed by atoms with Crippen LogP contribution in [0, 0.1) is 5.92 Å². The van der Waals surface area contributed by atoms with E-state index in [1.54, 1.807) is 0 Å². The first-order chi connectivity index (χ1) is 7.64. The van der Waals surface area contributed by atoms with E-state index in [-0.39, 0.29) is 11.6 Å². The van der Waals surface area contributed by atoms with Crippen LogP contribution in [0.25, 0.3) is 0 Å². The Hall–Kier alpha value is -1.36. The molecule has 3 N–H and O–H groups in total. The highest BCUT2D eigenvalue weighted by Crippen LogP contribution is 2.05. The lowest BCUT2D eigenvalue weighted by Gasteiger charge is -2.17. The Morgan fingerprint density at radius 3 is 2.00 bits per heavy atom. The molecular weight excluding hydrogens is 222 g/mol. The number of carbonyl (C=O) groups is 2. The third-order valence-corrected chi connectivity index (χ3v) is 1.53. The Morgan fingerprint density at radius 2 is 1.94 bits per heavy atom. The number of rotatable bonds is 4. The minimum atomic E-state index is -0.851. The zero-order valence-corrected chi connectivity index (χ0v) is 11.0. The van der Waals surface area contributed by atoms with E-state index >= 15 is 0 Å². The van der Waals surface area contributed by atoms with Crippen LogP contribution in [0.15, 0.2) is 12.7 Å². The Bertz CT molecular complexity index is 256. The van der Waals surface area contributed by atoms with Crippen molar-refractivity contribution < 1.29 is 19.4 Å². The van der Waals surface area contributed by atoms with Crippen LogP contribution in [-0.4, -0.2) is 29.2 Å². The van der Waals surface area contributed by atoms with Crippen LogP contribution >= 0.6 is 0 Å². The number of aliphatic carboxylic acids is 1. The summed E-state index contributed by atoms with van der Waals surface area (Å²) in [5.41, 5.74) is 4.80. The SMILES string of the molecule is C=CC(CCN)C(=O)O.CC(=O)OC(C)(C)C. The first-order valence-corrected chi connectivity index (χ1v) is 5.39. The summed E-state index contributed by atoms with van der Waals surface area (Å²) in [5, 5.41) is 8.38. The van der Waals surface area contributed by atoms with E-state index < -0.39 is 11.9 Å². The number of carbonyl (C=O) groups excluding carboxylic acids is 1. The monoisotopic (exact) mass is 245 g/mol. The van der Waals surface area contributed by atoms with Gasteiger partial charge in [0.2, 0.25) is 0 Å². The zero-order valence-electron chi connectivity index (χ0n) is 11.0. The predicted octanol–water partition coefficient (Wildman–Crippen LogP) is 1.57. The predicted molar refractivity (Wildman–Crippen MR) is 66.5 cm³/mol. The second-order valence-corrected chi connectivity index (χ2v) is 4.46. The molecule has 0 aromatic heterocycles. The van der Waals surface area contributed by atoms with E-state index in [0.29, 0.717) is 13.0 Å². The molecular formula is C12H23NO4. The minimum Gasteiger partial charge on any atom is -0.481 e. The molecule has 0 spiro atoms. The summed E-state index contributed by atoms with van der Waals surface area (Å²) in [5.74, 6) is -1.55. The lowest BCUT2D eigenvalue weighted by Crippen LogP contribution is -2.21. The topological polar surface area (TPSA) is 89.6 Å². The van der Waals surface area contributed by atoms with Crippen molar-refractivity contribution >= 4 is 11.9 Å². The van der Waals surface area contributed by atoms with Crippen molar-refractivity contribution in [2.24, 2.45) is 11.7 Å². The summed E-state index contributed by atoms with van der Waals surface area (Å²) < 4.78 is 4.80. The van der Waals surface area contributed by atoms with Gasteiger partial charge in [-0.1, -0.05) is 6.08 Å². The average Bonchev–Trinajstić information content (AvgIpc) is 2.10. The second-order valence-electron chi connectivity index (χ2n) is 4.46. The maximum atomic E-state index is 10.2. The molecule has 0 aliphatic carbocycles. The molecule has 0 fully saturated rings. The van der Waals surface area contributed by atoms with Gasteiger partial charge in [-0.2, -0.15) is 0 Å². The number of hydrogen-bond donors (Lipinski definition) is 2. The van der Waals surface area contributed by atoms with Gasteiger partial charge >= 0.3 is 11.9 Å². The maximum absolute atomic E-state index is 10.2. The minimum absolute atomic E-state index is 0.225. The van der Waals surface area contributed by atoms with Crippen LogP contribution in [0.2, 0.25) is 0 Å². The first-order valence-electron chi connectivity index (χ1n) is 5.39. The first kappa shape index (κ1) is 18.0. The van der Waals surface area contributed by atoms with Crippen molar-refractivity contribution in [3.05, 3.63) is 12.7 Å². The molecule has 100 valence electrons. The van der Waals surface area contributed by atoms with Crippen LogP contribution in [0.4, 0.5) is 0 Å². The molecule has 5 heteroatoms. The van der Waals surface area contributed by atoms with Crippen LogP contribution in [0.1, 0.15) is 34.1 Å². The summed E-state index contributed by atoms with van der Waals surface area (Å²) in [7, 11) is 0. The van der Waals surface area contributed by atoms with Crippen molar-refractivity contribution in [2.45, 2.75) is 39.7 Å². The van der Waals surface area contributed by atoms with Crippen molar-refractivity contribution in [3.8, 4) is 0 Å². The fourth-order valence-corrected chi connectivity index (χ4v) is 0.953. The molecule has 0 saturated heterocycles. The summed E-state index contributed by atoms with van der Waals surface area (Å²) in [4.78, 5) is 20.4. The average molecular weight is 245 g/mol. The molecule has 0 aliphatic rings. The number of carboxylic acid groups (broad SMARTS) is 1. The molecule has 0 saturated carbocycles. The fourth-order valence-electron chi connectivity index (χ4n) is 0.953. The van der Waals surface area contributed by atoms with Gasteiger partial charge in [0.05, 0.1) is 5.92 Å². The molecule has 0 amide bonds. The van der Waals surface area contributed by atoms with Crippen LogP contribution < -0.4 is 5.73 Å². The van der Waals surface area contributed by atoms with E-state index in [4.69, 9.17) is 15.6 Å². The van der Waals surface area contributed by atoms with Gasteiger partial charge in [-0.25, -0.2) is 0 Å². The van der Waals surface area contributed by atoms with Crippen LogP contribution in [-0.2, 0) is 14.3 Å². The van der Waals surface area contributed by atoms with Gasteiger partial charge in [-0.05, 0) is 33.7 Å². The van der Waals surface area contributed by atoms with Crippen molar-refractivity contribution in [3.63, 3.8) is 0 Å². The number of nitrogens with two attached hydrogens (primary N) is 1. The summed E-state index contributed by atoms with van der Waals surface area (Å²) in [6, 6.07) is 0. The van der Waals surface area contributed by atoms with Gasteiger partial charge in [0.15, 0.2) is 0 Å². The standard InChI is InChI=1S/C6H11NO2.C6H12O2/c1-2-5(3-4-7)6(8)9;1-5(7)8-6(2,3)4/h2,5H,1,3-4,7H2,(H,8,9);1-4H3. The number of carboxylic acids is 1. The molecule has 0 heterocycles. The molecule has 5 nitrogen and oxygen atoms in total. The summed E-state index contributed by atoms with van der Waals surface area (Å²) in [6.45, 7) is 10.7. The van der Waals surface area contributed by atoms with Crippen molar-refractivity contribution in [2.75, 3.05) is 6.54 Å². The van der Waals surface area contributed by atoms with E-state index in [1.165, 1.54) is 13.0 Å². The van der Waals surface area contributed by atoms with E-state index in [0.717, 1.165) is 0 Å². The maximum Gasteiger partial charge on any atom is 0.310 e. The summed E-state index contributed by atoms with van der Waals surface area (Å²) >= 11 is 0. The quantitative estimate of drug-likeness (QED) is 0.579. The summed E-state index contributed by atoms with van der Waals surface area (Å²) in [6.07, 6.45) is 1.87. The molecule has 1 atom stereocenters. The van der Waals surface area contributed by atoms with Crippen LogP contribution in [0.3, 0.4) is 0 Å². The molecule has 0 radical (unpaired) electrons. The van der Waals surface area contributed by atoms with Gasteiger partial charge in [0, 0.05) is 6.92 Å². The lowest BCUT2D eigenvalue weighted by molar-refractivity contribution is -0.152. The van der Waals surface area contributed by atoms with E-state index in [1.807, 2.05) is 20.8 Å². The zero-order chi connectivity index (χ0) is 14.1. The third kappa shape index (κ3) is 14.6. The number of esters is 1.